The van der Waals surface area contributed by atoms with Crippen LogP contribution in [-0.4, -0.2) is 6.29 Å². The lowest BCUT2D eigenvalue weighted by molar-refractivity contribution is -0.108. The van der Waals surface area contributed by atoms with Crippen LogP contribution in [0.1, 0.15) is 17.9 Å². The van der Waals surface area contributed by atoms with E-state index in [0.29, 0.717) is 5.92 Å². The van der Waals surface area contributed by atoms with Crippen molar-refractivity contribution in [3.05, 3.63) is 34.3 Å². The maximum absolute atomic E-state index is 10.4. The number of rotatable bonds is 2. The van der Waals surface area contributed by atoms with Crippen molar-refractivity contribution < 1.29 is 4.79 Å². The van der Waals surface area contributed by atoms with Gasteiger partial charge in [-0.3, -0.25) is 0 Å². The molecule has 1 fully saturated rings. The maximum Gasteiger partial charge on any atom is 0.123 e. The molecule has 0 N–H and O–H groups in total. The summed E-state index contributed by atoms with van der Waals surface area (Å²) < 4.78 is 1.09. The van der Waals surface area contributed by atoms with Gasteiger partial charge < -0.3 is 4.79 Å². The first-order valence-electron chi connectivity index (χ1n) is 4.02. The van der Waals surface area contributed by atoms with Crippen LogP contribution in [0.2, 0.25) is 0 Å². The topological polar surface area (TPSA) is 17.1 Å². The summed E-state index contributed by atoms with van der Waals surface area (Å²) in [5, 5.41) is 0. The average molecular weight is 225 g/mol. The first-order valence-corrected chi connectivity index (χ1v) is 4.81. The normalized spacial score (nSPS) is 26.8. The van der Waals surface area contributed by atoms with Gasteiger partial charge >= 0.3 is 0 Å². The number of carbonyl (C=O) groups excluding carboxylic acids is 1. The van der Waals surface area contributed by atoms with E-state index < -0.39 is 0 Å². The summed E-state index contributed by atoms with van der Waals surface area (Å²) in [6.45, 7) is 0. The molecule has 1 nitrogen and oxygen atoms in total. The molecular formula is C10H9BrO. The quantitative estimate of drug-likeness (QED) is 0.707. The van der Waals surface area contributed by atoms with Gasteiger partial charge in [0.1, 0.15) is 6.29 Å². The van der Waals surface area contributed by atoms with Crippen molar-refractivity contribution in [3.8, 4) is 0 Å². The molecule has 1 aromatic carbocycles. The van der Waals surface area contributed by atoms with E-state index in [1.807, 2.05) is 12.1 Å². The first kappa shape index (κ1) is 7.99. The first-order chi connectivity index (χ1) is 5.81. The van der Waals surface area contributed by atoms with E-state index in [-0.39, 0.29) is 5.92 Å². The molecule has 0 heterocycles. The minimum atomic E-state index is 0.283. The number of hydrogen-bond donors (Lipinski definition) is 0. The number of benzene rings is 1. The summed E-state index contributed by atoms with van der Waals surface area (Å²) in [6, 6.07) is 8.21. The van der Waals surface area contributed by atoms with Gasteiger partial charge in [0.25, 0.3) is 0 Å². The highest BCUT2D eigenvalue weighted by Crippen LogP contribution is 2.45. The Morgan fingerprint density at radius 3 is 2.50 bits per heavy atom. The second-order valence-corrected chi connectivity index (χ2v) is 4.11. The van der Waals surface area contributed by atoms with Gasteiger partial charge in [-0.05, 0) is 30.0 Å². The standard InChI is InChI=1S/C10H9BrO/c11-9-3-1-7(2-4-9)10-5-8(10)6-12/h1-4,6,8,10H,5H2/t8-,10+/m0/s1. The number of hydrogen-bond acceptors (Lipinski definition) is 1. The fourth-order valence-corrected chi connectivity index (χ4v) is 1.72. The Hall–Kier alpha value is -0.630. The lowest BCUT2D eigenvalue weighted by Crippen LogP contribution is -1.83. The van der Waals surface area contributed by atoms with Crippen LogP contribution in [0.3, 0.4) is 0 Å². The Kier molecular flexibility index (Phi) is 2.01. The fourth-order valence-electron chi connectivity index (χ4n) is 1.46. The molecule has 0 bridgehead atoms. The summed E-state index contributed by atoms with van der Waals surface area (Å²) in [5.41, 5.74) is 1.29. The molecule has 0 amide bonds. The predicted molar refractivity (Wildman–Crippen MR) is 51.1 cm³/mol. The molecule has 0 spiro atoms. The van der Waals surface area contributed by atoms with Crippen LogP contribution in [0.15, 0.2) is 28.7 Å². The number of halogens is 1. The van der Waals surface area contributed by atoms with Crippen molar-refractivity contribution in [2.45, 2.75) is 12.3 Å². The molecule has 1 aliphatic carbocycles. The van der Waals surface area contributed by atoms with Crippen LogP contribution in [0.4, 0.5) is 0 Å². The highest BCUT2D eigenvalue weighted by molar-refractivity contribution is 9.10. The van der Waals surface area contributed by atoms with E-state index >= 15 is 0 Å². The Morgan fingerprint density at radius 2 is 2.00 bits per heavy atom. The molecule has 2 atom stereocenters. The highest BCUT2D eigenvalue weighted by atomic mass is 79.9. The lowest BCUT2D eigenvalue weighted by Gasteiger charge is -1.96. The van der Waals surface area contributed by atoms with Gasteiger partial charge in [-0.15, -0.1) is 0 Å². The summed E-state index contributed by atoms with van der Waals surface area (Å²) in [6.07, 6.45) is 2.10. The van der Waals surface area contributed by atoms with Crippen LogP contribution < -0.4 is 0 Å². The lowest BCUT2D eigenvalue weighted by atomic mass is 10.1. The molecule has 0 radical (unpaired) electrons. The molecule has 2 heteroatoms. The molecule has 1 saturated carbocycles. The maximum atomic E-state index is 10.4. The Labute approximate surface area is 79.9 Å². The summed E-state index contributed by atoms with van der Waals surface area (Å²) in [7, 11) is 0. The van der Waals surface area contributed by atoms with Crippen LogP contribution >= 0.6 is 15.9 Å². The van der Waals surface area contributed by atoms with E-state index in [0.717, 1.165) is 17.2 Å². The highest BCUT2D eigenvalue weighted by Gasteiger charge is 2.37. The van der Waals surface area contributed by atoms with Crippen LogP contribution in [0.25, 0.3) is 0 Å². The monoisotopic (exact) mass is 224 g/mol. The zero-order valence-corrected chi connectivity index (χ0v) is 8.12. The summed E-state index contributed by atoms with van der Waals surface area (Å²) in [4.78, 5) is 10.4. The van der Waals surface area contributed by atoms with Crippen molar-refractivity contribution >= 4 is 22.2 Å². The molecule has 2 rings (SSSR count). The minimum Gasteiger partial charge on any atom is -0.303 e. The Balaban J connectivity index is 2.15. The molecule has 62 valence electrons. The predicted octanol–water partition coefficient (Wildman–Crippen LogP) is 2.75. The second-order valence-electron chi connectivity index (χ2n) is 3.19. The van der Waals surface area contributed by atoms with E-state index in [2.05, 4.69) is 28.1 Å². The van der Waals surface area contributed by atoms with E-state index in [4.69, 9.17) is 0 Å². The third-order valence-electron chi connectivity index (χ3n) is 2.31. The van der Waals surface area contributed by atoms with Crippen molar-refractivity contribution in [1.29, 1.82) is 0 Å². The fraction of sp³-hybridized carbons (Fsp3) is 0.300. The van der Waals surface area contributed by atoms with Gasteiger partial charge in [-0.25, -0.2) is 0 Å². The molecule has 0 aromatic heterocycles. The van der Waals surface area contributed by atoms with E-state index in [1.165, 1.54) is 5.56 Å². The largest absolute Gasteiger partial charge is 0.303 e. The van der Waals surface area contributed by atoms with E-state index in [1.54, 1.807) is 0 Å². The smallest absolute Gasteiger partial charge is 0.123 e. The summed E-state index contributed by atoms with van der Waals surface area (Å²) >= 11 is 3.38. The molecule has 12 heavy (non-hydrogen) atoms. The van der Waals surface area contributed by atoms with Gasteiger partial charge in [-0.1, -0.05) is 28.1 Å². The van der Waals surface area contributed by atoms with Crippen LogP contribution in [-0.2, 0) is 4.79 Å². The third kappa shape index (κ3) is 1.44. The summed E-state index contributed by atoms with van der Waals surface area (Å²) in [5.74, 6) is 0.779. The van der Waals surface area contributed by atoms with Crippen LogP contribution in [0.5, 0.6) is 0 Å². The van der Waals surface area contributed by atoms with Gasteiger partial charge in [-0.2, -0.15) is 0 Å². The zero-order chi connectivity index (χ0) is 8.55. The average Bonchev–Trinajstić information content (AvgIpc) is 2.85. The van der Waals surface area contributed by atoms with Gasteiger partial charge in [0.2, 0.25) is 0 Å². The Morgan fingerprint density at radius 1 is 1.33 bits per heavy atom. The number of aldehydes is 1. The van der Waals surface area contributed by atoms with Crippen molar-refractivity contribution in [3.63, 3.8) is 0 Å². The second kappa shape index (κ2) is 3.02. The van der Waals surface area contributed by atoms with Gasteiger partial charge in [0.15, 0.2) is 0 Å². The van der Waals surface area contributed by atoms with E-state index in [9.17, 15) is 4.79 Å². The molecule has 0 aliphatic heterocycles. The van der Waals surface area contributed by atoms with Crippen LogP contribution in [0, 0.1) is 5.92 Å². The molecule has 1 aromatic rings. The van der Waals surface area contributed by atoms with Gasteiger partial charge in [0.05, 0.1) is 0 Å². The molecular weight excluding hydrogens is 216 g/mol. The molecule has 0 saturated heterocycles. The van der Waals surface area contributed by atoms with Gasteiger partial charge in [0, 0.05) is 10.4 Å². The number of carbonyl (C=O) groups is 1. The van der Waals surface area contributed by atoms with Crippen molar-refractivity contribution in [2.24, 2.45) is 5.92 Å². The Bertz CT molecular complexity index is 291. The van der Waals surface area contributed by atoms with Crippen molar-refractivity contribution in [2.75, 3.05) is 0 Å². The zero-order valence-electron chi connectivity index (χ0n) is 6.53. The SMILES string of the molecule is O=C[C@@H]1C[C@@H]1c1ccc(Br)cc1. The third-order valence-corrected chi connectivity index (χ3v) is 2.84. The van der Waals surface area contributed by atoms with Crippen molar-refractivity contribution in [1.82, 2.24) is 0 Å². The molecule has 0 unspecified atom stereocenters. The minimum absolute atomic E-state index is 0.283. The molecule has 1 aliphatic rings.